The van der Waals surface area contributed by atoms with Crippen LogP contribution in [0, 0.1) is 5.92 Å². The fourth-order valence-corrected chi connectivity index (χ4v) is 3.72. The number of ether oxygens (including phenoxy) is 1. The predicted molar refractivity (Wildman–Crippen MR) is 108 cm³/mol. The Balaban J connectivity index is 1.76. The summed E-state index contributed by atoms with van der Waals surface area (Å²) >= 11 is 0. The molecule has 0 aliphatic carbocycles. The molecule has 1 aromatic rings. The lowest BCUT2D eigenvalue weighted by Gasteiger charge is -2.31. The van der Waals surface area contributed by atoms with E-state index in [1.54, 1.807) is 14.0 Å². The normalized spacial score (nSPS) is 18.2. The summed E-state index contributed by atoms with van der Waals surface area (Å²) < 4.78 is 5.42. The maximum atomic E-state index is 11.6. The van der Waals surface area contributed by atoms with Crippen LogP contribution in [0.25, 0.3) is 0 Å². The molecule has 2 aliphatic rings. The fourth-order valence-electron chi connectivity index (χ4n) is 3.72. The number of nitrogens with zero attached hydrogens (tertiary/aromatic N) is 3. The Hall–Kier alpha value is -2.37. The molecule has 2 aliphatic heterocycles. The molecular formula is C21H30N4O2. The quantitative estimate of drug-likeness (QED) is 0.879. The van der Waals surface area contributed by atoms with Gasteiger partial charge in [0, 0.05) is 32.6 Å². The van der Waals surface area contributed by atoms with Gasteiger partial charge >= 0.3 is 0 Å². The Bertz CT molecular complexity index is 747. The van der Waals surface area contributed by atoms with Gasteiger partial charge in [-0.2, -0.15) is 4.98 Å². The van der Waals surface area contributed by atoms with Crippen molar-refractivity contribution in [3.63, 3.8) is 0 Å². The molecule has 1 aromatic heterocycles. The molecule has 0 spiro atoms. The van der Waals surface area contributed by atoms with Crippen LogP contribution in [0.15, 0.2) is 28.8 Å². The lowest BCUT2D eigenvalue weighted by Crippen LogP contribution is -2.36. The molecule has 6 nitrogen and oxygen atoms in total. The van der Waals surface area contributed by atoms with Gasteiger partial charge < -0.3 is 15.0 Å². The predicted octanol–water partition coefficient (Wildman–Crippen LogP) is 3.61. The Kier molecular flexibility index (Phi) is 6.14. The van der Waals surface area contributed by atoms with Crippen molar-refractivity contribution in [3.8, 4) is 5.88 Å². The summed E-state index contributed by atoms with van der Waals surface area (Å²) in [4.78, 5) is 22.6. The van der Waals surface area contributed by atoms with E-state index in [2.05, 4.69) is 41.3 Å². The van der Waals surface area contributed by atoms with Crippen LogP contribution in [0.1, 0.15) is 51.5 Å². The number of likely N-dealkylation sites (tertiary alicyclic amines) is 1. The largest absolute Gasteiger partial charge is 0.481 e. The maximum Gasteiger partial charge on any atom is 0.219 e. The van der Waals surface area contributed by atoms with Crippen molar-refractivity contribution in [3.05, 3.63) is 29.3 Å². The third-order valence-electron chi connectivity index (χ3n) is 5.45. The van der Waals surface area contributed by atoms with Crippen molar-refractivity contribution in [1.29, 1.82) is 0 Å². The molecule has 3 rings (SSSR count). The second-order valence-electron chi connectivity index (χ2n) is 7.62. The van der Waals surface area contributed by atoms with E-state index in [-0.39, 0.29) is 5.91 Å². The number of aliphatic imine (C=N–C) groups is 1. The van der Waals surface area contributed by atoms with Crippen LogP contribution in [0.4, 0.5) is 5.82 Å². The van der Waals surface area contributed by atoms with Gasteiger partial charge in [-0.15, -0.1) is 0 Å². The minimum absolute atomic E-state index is 0.158. The average molecular weight is 370 g/mol. The highest BCUT2D eigenvalue weighted by Gasteiger charge is 2.23. The molecule has 0 aromatic carbocycles. The maximum absolute atomic E-state index is 11.6. The number of dihydropyridines is 1. The number of carbonyl (C=O) groups excluding carboxylic acids is 1. The van der Waals surface area contributed by atoms with Gasteiger partial charge in [-0.3, -0.25) is 9.79 Å². The zero-order valence-corrected chi connectivity index (χ0v) is 16.8. The summed E-state index contributed by atoms with van der Waals surface area (Å²) in [6.45, 7) is 8.49. The molecule has 0 bridgehead atoms. The van der Waals surface area contributed by atoms with E-state index < -0.39 is 0 Å². The van der Waals surface area contributed by atoms with E-state index in [0.717, 1.165) is 50.6 Å². The third-order valence-corrected chi connectivity index (χ3v) is 5.45. The summed E-state index contributed by atoms with van der Waals surface area (Å²) in [6, 6.07) is 4.11. The van der Waals surface area contributed by atoms with Gasteiger partial charge in [0.25, 0.3) is 0 Å². The highest BCUT2D eigenvalue weighted by Crippen LogP contribution is 2.31. The lowest BCUT2D eigenvalue weighted by molar-refractivity contribution is -0.129. The molecule has 0 atom stereocenters. The van der Waals surface area contributed by atoms with Crippen LogP contribution >= 0.6 is 0 Å². The fraction of sp³-hybridized carbons (Fsp3) is 0.571. The van der Waals surface area contributed by atoms with Crippen molar-refractivity contribution >= 4 is 17.6 Å². The summed E-state index contributed by atoms with van der Waals surface area (Å²) in [7, 11) is 1.64. The number of aromatic nitrogens is 1. The van der Waals surface area contributed by atoms with Crippen LogP contribution in [-0.4, -0.2) is 48.4 Å². The van der Waals surface area contributed by atoms with Crippen molar-refractivity contribution in [1.82, 2.24) is 9.88 Å². The third kappa shape index (κ3) is 4.87. The smallest absolute Gasteiger partial charge is 0.219 e. The molecular weight excluding hydrogens is 340 g/mol. The summed E-state index contributed by atoms with van der Waals surface area (Å²) in [5.41, 5.74) is 2.62. The molecule has 1 fully saturated rings. The number of amidine groups is 1. The number of anilines is 1. The molecule has 6 heteroatoms. The number of amides is 1. The monoisotopic (exact) mass is 370 g/mol. The van der Waals surface area contributed by atoms with Crippen molar-refractivity contribution < 1.29 is 9.53 Å². The molecule has 0 radical (unpaired) electrons. The highest BCUT2D eigenvalue weighted by molar-refractivity contribution is 6.04. The van der Waals surface area contributed by atoms with E-state index in [9.17, 15) is 4.79 Å². The summed E-state index contributed by atoms with van der Waals surface area (Å²) in [5.74, 6) is 3.33. The number of methoxy groups -OCH3 is 1. The zero-order chi connectivity index (χ0) is 19.4. The Morgan fingerprint density at radius 2 is 2.04 bits per heavy atom. The van der Waals surface area contributed by atoms with E-state index in [4.69, 9.17) is 4.74 Å². The molecule has 0 unspecified atom stereocenters. The molecule has 1 N–H and O–H groups in total. The highest BCUT2D eigenvalue weighted by atomic mass is 16.5. The van der Waals surface area contributed by atoms with Crippen LogP contribution in [0.3, 0.4) is 0 Å². The van der Waals surface area contributed by atoms with Gasteiger partial charge in [0.15, 0.2) is 0 Å². The number of rotatable bonds is 4. The number of nitrogens with one attached hydrogen (secondary N) is 1. The van der Waals surface area contributed by atoms with Crippen molar-refractivity contribution in [2.75, 3.05) is 32.1 Å². The second kappa shape index (κ2) is 8.55. The number of pyridine rings is 1. The first-order valence-electron chi connectivity index (χ1n) is 9.79. The van der Waals surface area contributed by atoms with Gasteiger partial charge in [0.1, 0.15) is 11.7 Å². The zero-order valence-electron chi connectivity index (χ0n) is 16.8. The lowest BCUT2D eigenvalue weighted by atomic mass is 9.90. The first-order chi connectivity index (χ1) is 13.0. The van der Waals surface area contributed by atoms with Crippen LogP contribution < -0.4 is 10.1 Å². The van der Waals surface area contributed by atoms with Gasteiger partial charge in [-0.05, 0) is 48.8 Å². The first kappa shape index (κ1) is 19.4. The molecule has 146 valence electrons. The molecule has 1 amide bonds. The van der Waals surface area contributed by atoms with Crippen LogP contribution in [0.2, 0.25) is 0 Å². The van der Waals surface area contributed by atoms with E-state index in [0.29, 0.717) is 17.7 Å². The van der Waals surface area contributed by atoms with Crippen molar-refractivity contribution in [2.24, 2.45) is 10.9 Å². The standard InChI is InChI=1S/C21H30N4O2/c1-14(2)17-5-8-22-19(11-17)23-20-12-18(13-21(24-20)27-4)16-6-9-25(10-7-16)15(3)26/h11-14,16H,5-10H2,1-4H3,(H,22,23,24). The van der Waals surface area contributed by atoms with Gasteiger partial charge in [-0.25, -0.2) is 0 Å². The van der Waals surface area contributed by atoms with Crippen LogP contribution in [0.5, 0.6) is 5.88 Å². The molecule has 0 saturated carbocycles. The van der Waals surface area contributed by atoms with E-state index in [1.165, 1.54) is 11.1 Å². The molecule has 3 heterocycles. The average Bonchev–Trinajstić information content (AvgIpc) is 2.68. The van der Waals surface area contributed by atoms with Gasteiger partial charge in [0.2, 0.25) is 11.8 Å². The molecule has 1 saturated heterocycles. The Labute approximate surface area is 161 Å². The topological polar surface area (TPSA) is 66.8 Å². The van der Waals surface area contributed by atoms with E-state index in [1.807, 2.05) is 11.0 Å². The van der Waals surface area contributed by atoms with Crippen LogP contribution in [-0.2, 0) is 4.79 Å². The number of hydrogen-bond acceptors (Lipinski definition) is 5. The number of piperidine rings is 1. The summed E-state index contributed by atoms with van der Waals surface area (Å²) in [5, 5.41) is 3.36. The number of hydrogen-bond donors (Lipinski definition) is 1. The SMILES string of the molecule is COc1cc(C2CCN(C(C)=O)CC2)cc(NC2=NCCC(C(C)C)=C2)n1. The van der Waals surface area contributed by atoms with Gasteiger partial charge in [0.05, 0.1) is 7.11 Å². The molecule has 27 heavy (non-hydrogen) atoms. The first-order valence-corrected chi connectivity index (χ1v) is 9.79. The minimum atomic E-state index is 0.158. The second-order valence-corrected chi connectivity index (χ2v) is 7.62. The van der Waals surface area contributed by atoms with E-state index >= 15 is 0 Å². The Morgan fingerprint density at radius 3 is 2.67 bits per heavy atom. The summed E-state index contributed by atoms with van der Waals surface area (Å²) in [6.07, 6.45) is 5.09. The van der Waals surface area contributed by atoms with Crippen molar-refractivity contribution in [2.45, 2.75) is 46.0 Å². The number of carbonyl (C=O) groups is 1. The van der Waals surface area contributed by atoms with Gasteiger partial charge in [-0.1, -0.05) is 19.4 Å². The Morgan fingerprint density at radius 1 is 1.30 bits per heavy atom. The minimum Gasteiger partial charge on any atom is -0.481 e.